The summed E-state index contributed by atoms with van der Waals surface area (Å²) in [6, 6.07) is 14.6. The maximum absolute atomic E-state index is 13.5. The third-order valence-electron chi connectivity index (χ3n) is 9.85. The van der Waals surface area contributed by atoms with Crippen LogP contribution < -0.4 is 10.1 Å². The van der Waals surface area contributed by atoms with E-state index in [1.165, 1.54) is 49.2 Å². The standard InChI is InChI=1S/C32H36N4O4S/c1-40-26-6-2-24(3-7-26)25-4-8-27(9-5-25)41(38,39)36-11-10-28-29(19-36)33-20-34-31(28)35-30(37)18-32-15-21-12-22(16-32)14-23(13-21)17-32/h2-9,20-23H,10-19H2,1H3,(H,33,34,35,37). The third-order valence-corrected chi connectivity index (χ3v) is 11.7. The molecule has 8 rings (SSSR count). The molecule has 1 amide bonds. The first-order valence-corrected chi connectivity index (χ1v) is 16.1. The predicted octanol–water partition coefficient (Wildman–Crippen LogP) is 5.44. The monoisotopic (exact) mass is 572 g/mol. The van der Waals surface area contributed by atoms with Crippen molar-refractivity contribution < 1.29 is 17.9 Å². The number of hydrogen-bond donors (Lipinski definition) is 1. The van der Waals surface area contributed by atoms with Gasteiger partial charge in [-0.2, -0.15) is 4.31 Å². The number of amides is 1. The van der Waals surface area contributed by atoms with E-state index in [0.29, 0.717) is 30.9 Å². The highest BCUT2D eigenvalue weighted by Crippen LogP contribution is 2.61. The number of sulfonamides is 1. The van der Waals surface area contributed by atoms with E-state index >= 15 is 0 Å². The fourth-order valence-electron chi connectivity index (χ4n) is 8.42. The summed E-state index contributed by atoms with van der Waals surface area (Å²) in [5.74, 6) is 3.73. The molecular weight excluding hydrogens is 536 g/mol. The van der Waals surface area contributed by atoms with Gasteiger partial charge in [0, 0.05) is 18.5 Å². The molecule has 4 fully saturated rings. The van der Waals surface area contributed by atoms with Crippen LogP contribution in [0.5, 0.6) is 5.75 Å². The van der Waals surface area contributed by atoms with E-state index in [2.05, 4.69) is 15.3 Å². The fourth-order valence-corrected chi connectivity index (χ4v) is 9.82. The molecular formula is C32H36N4O4S. The molecule has 4 bridgehead atoms. The van der Waals surface area contributed by atoms with Gasteiger partial charge in [-0.15, -0.1) is 0 Å². The Morgan fingerprint density at radius 1 is 0.951 bits per heavy atom. The molecule has 0 radical (unpaired) electrons. The van der Waals surface area contributed by atoms with Crippen LogP contribution in [0.3, 0.4) is 0 Å². The van der Waals surface area contributed by atoms with Crippen molar-refractivity contribution in [1.29, 1.82) is 0 Å². The highest BCUT2D eigenvalue weighted by molar-refractivity contribution is 7.89. The van der Waals surface area contributed by atoms with Crippen LogP contribution in [0, 0.1) is 23.2 Å². The maximum Gasteiger partial charge on any atom is 0.243 e. The summed E-state index contributed by atoms with van der Waals surface area (Å²) in [5, 5.41) is 3.09. The summed E-state index contributed by atoms with van der Waals surface area (Å²) in [6.45, 7) is 0.457. The molecule has 8 nitrogen and oxygen atoms in total. The van der Waals surface area contributed by atoms with Crippen LogP contribution in [0.2, 0.25) is 0 Å². The second-order valence-corrected chi connectivity index (χ2v) is 14.6. The van der Waals surface area contributed by atoms with Gasteiger partial charge in [0.15, 0.2) is 0 Å². The maximum atomic E-state index is 13.5. The Bertz CT molecular complexity index is 1530. The number of aromatic nitrogens is 2. The molecule has 0 saturated heterocycles. The van der Waals surface area contributed by atoms with Crippen LogP contribution in [0.1, 0.15) is 56.2 Å². The molecule has 4 aliphatic carbocycles. The number of carbonyl (C=O) groups is 1. The van der Waals surface area contributed by atoms with Gasteiger partial charge < -0.3 is 10.1 Å². The van der Waals surface area contributed by atoms with Gasteiger partial charge in [0.25, 0.3) is 0 Å². The van der Waals surface area contributed by atoms with Crippen molar-refractivity contribution >= 4 is 21.7 Å². The van der Waals surface area contributed by atoms with E-state index < -0.39 is 10.0 Å². The molecule has 2 aromatic carbocycles. The lowest BCUT2D eigenvalue weighted by Crippen LogP contribution is -2.47. The third kappa shape index (κ3) is 5.03. The summed E-state index contributed by atoms with van der Waals surface area (Å²) in [4.78, 5) is 22.3. The van der Waals surface area contributed by atoms with Gasteiger partial charge in [0.05, 0.1) is 24.2 Å². The zero-order chi connectivity index (χ0) is 28.2. The first kappa shape index (κ1) is 26.6. The Balaban J connectivity index is 1.04. The minimum atomic E-state index is -3.72. The SMILES string of the molecule is COc1ccc(-c2ccc(S(=O)(=O)N3CCc4c(ncnc4NC(=O)CC45CC6CC(CC(C6)C4)C5)C3)cc2)cc1. The lowest BCUT2D eigenvalue weighted by molar-refractivity contribution is -0.124. The number of rotatable bonds is 7. The van der Waals surface area contributed by atoms with E-state index in [1.54, 1.807) is 19.2 Å². The largest absolute Gasteiger partial charge is 0.497 e. The van der Waals surface area contributed by atoms with Crippen molar-refractivity contribution in [2.75, 3.05) is 19.0 Å². The quantitative estimate of drug-likeness (QED) is 0.404. The van der Waals surface area contributed by atoms with Crippen molar-refractivity contribution in [3.05, 3.63) is 66.1 Å². The topological polar surface area (TPSA) is 101 Å². The van der Waals surface area contributed by atoms with Crippen LogP contribution in [0.15, 0.2) is 59.8 Å². The lowest BCUT2D eigenvalue weighted by atomic mass is 9.49. The minimum absolute atomic E-state index is 0.0276. The van der Waals surface area contributed by atoms with Gasteiger partial charge in [0.1, 0.15) is 17.9 Å². The van der Waals surface area contributed by atoms with Crippen LogP contribution in [-0.2, 0) is 27.8 Å². The van der Waals surface area contributed by atoms with E-state index in [0.717, 1.165) is 40.2 Å². The molecule has 1 N–H and O–H groups in total. The van der Waals surface area contributed by atoms with Gasteiger partial charge in [-0.25, -0.2) is 18.4 Å². The number of ether oxygens (including phenoxy) is 1. The molecule has 3 aromatic rings. The van der Waals surface area contributed by atoms with Crippen LogP contribution in [0.25, 0.3) is 11.1 Å². The summed E-state index contributed by atoms with van der Waals surface area (Å²) in [6.07, 6.45) is 10.0. The first-order chi connectivity index (χ1) is 19.8. The summed E-state index contributed by atoms with van der Waals surface area (Å²) in [5.41, 5.74) is 3.55. The number of carbonyl (C=O) groups excluding carboxylic acids is 1. The fraction of sp³-hybridized carbons (Fsp3) is 0.469. The van der Waals surface area contributed by atoms with E-state index in [1.807, 2.05) is 36.4 Å². The lowest BCUT2D eigenvalue weighted by Gasteiger charge is -2.56. The highest BCUT2D eigenvalue weighted by Gasteiger charge is 2.51. The van der Waals surface area contributed by atoms with Gasteiger partial charge >= 0.3 is 0 Å². The predicted molar refractivity (Wildman–Crippen MR) is 156 cm³/mol. The normalized spacial score (nSPS) is 26.9. The van der Waals surface area contributed by atoms with E-state index in [-0.39, 0.29) is 22.8 Å². The molecule has 4 saturated carbocycles. The van der Waals surface area contributed by atoms with Gasteiger partial charge in [-0.1, -0.05) is 24.3 Å². The van der Waals surface area contributed by atoms with Crippen molar-refractivity contribution in [2.24, 2.45) is 23.2 Å². The second-order valence-electron chi connectivity index (χ2n) is 12.6. The van der Waals surface area contributed by atoms with Crippen molar-refractivity contribution in [3.8, 4) is 16.9 Å². The molecule has 1 aliphatic heterocycles. The Hall–Kier alpha value is -3.30. The van der Waals surface area contributed by atoms with Crippen molar-refractivity contribution in [3.63, 3.8) is 0 Å². The number of nitrogens with zero attached hydrogens (tertiary/aromatic N) is 3. The zero-order valence-electron chi connectivity index (χ0n) is 23.4. The van der Waals surface area contributed by atoms with Gasteiger partial charge in [0.2, 0.25) is 15.9 Å². The molecule has 9 heteroatoms. The van der Waals surface area contributed by atoms with Crippen molar-refractivity contribution in [2.45, 2.75) is 62.8 Å². The number of hydrogen-bond acceptors (Lipinski definition) is 6. The van der Waals surface area contributed by atoms with Crippen LogP contribution in [-0.4, -0.2) is 42.3 Å². The molecule has 5 aliphatic rings. The van der Waals surface area contributed by atoms with Crippen molar-refractivity contribution in [1.82, 2.24) is 14.3 Å². The Kier molecular flexibility index (Phi) is 6.62. The van der Waals surface area contributed by atoms with Gasteiger partial charge in [-0.05, 0) is 104 Å². The van der Waals surface area contributed by atoms with Crippen LogP contribution in [0.4, 0.5) is 5.82 Å². The first-order valence-electron chi connectivity index (χ1n) is 14.7. The molecule has 0 atom stereocenters. The number of benzene rings is 2. The Morgan fingerprint density at radius 3 is 2.17 bits per heavy atom. The number of fused-ring (bicyclic) bond motifs is 1. The number of nitrogens with one attached hydrogen (secondary N) is 1. The smallest absolute Gasteiger partial charge is 0.243 e. The minimum Gasteiger partial charge on any atom is -0.497 e. The number of methoxy groups -OCH3 is 1. The Labute approximate surface area is 241 Å². The molecule has 0 unspecified atom stereocenters. The Morgan fingerprint density at radius 2 is 1.56 bits per heavy atom. The molecule has 0 spiro atoms. The van der Waals surface area contributed by atoms with E-state index in [9.17, 15) is 13.2 Å². The van der Waals surface area contributed by atoms with E-state index in [4.69, 9.17) is 4.74 Å². The molecule has 2 heterocycles. The van der Waals surface area contributed by atoms with Gasteiger partial charge in [-0.3, -0.25) is 4.79 Å². The zero-order valence-corrected chi connectivity index (χ0v) is 24.2. The average Bonchev–Trinajstić information content (AvgIpc) is 2.96. The molecule has 214 valence electrons. The summed E-state index contributed by atoms with van der Waals surface area (Å²) >= 11 is 0. The average molecular weight is 573 g/mol. The summed E-state index contributed by atoms with van der Waals surface area (Å²) < 4.78 is 33.8. The van der Waals surface area contributed by atoms with Crippen LogP contribution >= 0.6 is 0 Å². The number of anilines is 1. The second kappa shape index (κ2) is 10.2. The molecule has 1 aromatic heterocycles. The molecule has 41 heavy (non-hydrogen) atoms. The highest BCUT2D eigenvalue weighted by atomic mass is 32.2. The summed E-state index contributed by atoms with van der Waals surface area (Å²) in [7, 11) is -2.09.